The van der Waals surface area contributed by atoms with Crippen LogP contribution in [0, 0.1) is 18.3 Å². The van der Waals surface area contributed by atoms with Crippen molar-refractivity contribution in [3.63, 3.8) is 0 Å². The fraction of sp³-hybridized carbons (Fsp3) is 0.125. The molecule has 1 aromatic heterocycles. The summed E-state index contributed by atoms with van der Waals surface area (Å²) in [6, 6.07) is 8.12. The van der Waals surface area contributed by atoms with Crippen molar-refractivity contribution in [1.82, 2.24) is 4.73 Å². The molecule has 3 rings (SSSR count). The fourth-order valence-corrected chi connectivity index (χ4v) is 3.20. The van der Waals surface area contributed by atoms with Gasteiger partial charge in [-0.3, -0.25) is 4.79 Å². The SMILES string of the molecule is Cc1cc2c(c(=O)n1O)C(c1ccc(Cl)cc1Cl)C(C#N)=C(N)O2. The second-order valence-corrected chi connectivity index (χ2v) is 6.11. The number of pyridine rings is 1. The van der Waals surface area contributed by atoms with Gasteiger partial charge in [0.2, 0.25) is 5.88 Å². The number of allylic oxidation sites excluding steroid dienone is 1. The number of aryl methyl sites for hydroxylation is 1. The summed E-state index contributed by atoms with van der Waals surface area (Å²) in [5.74, 6) is -0.805. The number of halogens is 2. The predicted octanol–water partition coefficient (Wildman–Crippen LogP) is 2.92. The first-order chi connectivity index (χ1) is 11.3. The molecule has 3 N–H and O–H groups in total. The number of benzene rings is 1. The van der Waals surface area contributed by atoms with Crippen LogP contribution in [0.25, 0.3) is 0 Å². The van der Waals surface area contributed by atoms with E-state index in [2.05, 4.69) is 0 Å². The van der Waals surface area contributed by atoms with Crippen molar-refractivity contribution in [3.8, 4) is 11.8 Å². The lowest BCUT2D eigenvalue weighted by molar-refractivity contribution is 0.165. The molecule has 0 spiro atoms. The highest BCUT2D eigenvalue weighted by molar-refractivity contribution is 6.35. The standard InChI is InChI=1S/C16H11Cl2N3O3/c1-7-4-12-14(16(22)21(7)23)13(10(6-19)15(20)24-12)9-3-2-8(17)5-11(9)18/h2-5,13,23H,20H2,1H3. The summed E-state index contributed by atoms with van der Waals surface area (Å²) in [5, 5.41) is 20.1. The van der Waals surface area contributed by atoms with Crippen molar-refractivity contribution in [1.29, 1.82) is 5.26 Å². The lowest BCUT2D eigenvalue weighted by atomic mass is 9.84. The van der Waals surface area contributed by atoms with Crippen LogP contribution in [-0.4, -0.2) is 9.94 Å². The number of hydrogen-bond acceptors (Lipinski definition) is 5. The molecule has 24 heavy (non-hydrogen) atoms. The van der Waals surface area contributed by atoms with E-state index in [9.17, 15) is 15.3 Å². The molecular weight excluding hydrogens is 353 g/mol. The number of hydrogen-bond donors (Lipinski definition) is 2. The zero-order valence-electron chi connectivity index (χ0n) is 12.4. The van der Waals surface area contributed by atoms with Crippen LogP contribution in [0.1, 0.15) is 22.7 Å². The Morgan fingerprint density at radius 2 is 2.08 bits per heavy atom. The Kier molecular flexibility index (Phi) is 3.91. The van der Waals surface area contributed by atoms with Gasteiger partial charge in [0.15, 0.2) is 0 Å². The Balaban J connectivity index is 2.38. The van der Waals surface area contributed by atoms with Gasteiger partial charge >= 0.3 is 0 Å². The van der Waals surface area contributed by atoms with Gasteiger partial charge in [-0.25, -0.2) is 0 Å². The van der Waals surface area contributed by atoms with Crippen molar-refractivity contribution < 1.29 is 9.94 Å². The lowest BCUT2D eigenvalue weighted by Gasteiger charge is -2.26. The second-order valence-electron chi connectivity index (χ2n) is 5.27. The summed E-state index contributed by atoms with van der Waals surface area (Å²) in [5.41, 5.74) is 5.99. The normalized spacial score (nSPS) is 16.3. The predicted molar refractivity (Wildman–Crippen MR) is 88.4 cm³/mol. The van der Waals surface area contributed by atoms with Gasteiger partial charge in [0.25, 0.3) is 5.56 Å². The van der Waals surface area contributed by atoms with Gasteiger partial charge in [0.1, 0.15) is 17.4 Å². The van der Waals surface area contributed by atoms with Crippen LogP contribution in [0.15, 0.2) is 40.5 Å². The number of ether oxygens (including phenoxy) is 1. The number of nitriles is 1. The molecule has 1 aliphatic rings. The second kappa shape index (κ2) is 5.78. The first-order valence-corrected chi connectivity index (χ1v) is 7.59. The van der Waals surface area contributed by atoms with Gasteiger partial charge in [-0.15, -0.1) is 0 Å². The third kappa shape index (κ3) is 2.39. The van der Waals surface area contributed by atoms with Gasteiger partial charge in [-0.05, 0) is 24.6 Å². The molecule has 1 unspecified atom stereocenters. The summed E-state index contributed by atoms with van der Waals surface area (Å²) >= 11 is 12.2. The van der Waals surface area contributed by atoms with Gasteiger partial charge in [0, 0.05) is 16.1 Å². The van der Waals surface area contributed by atoms with Crippen molar-refractivity contribution in [2.75, 3.05) is 0 Å². The Morgan fingerprint density at radius 3 is 2.71 bits per heavy atom. The van der Waals surface area contributed by atoms with Crippen LogP contribution < -0.4 is 16.0 Å². The fourth-order valence-electron chi connectivity index (χ4n) is 2.68. The summed E-state index contributed by atoms with van der Waals surface area (Å²) in [6.45, 7) is 1.54. The highest BCUT2D eigenvalue weighted by Crippen LogP contribution is 2.43. The largest absolute Gasteiger partial charge is 0.440 e. The Bertz CT molecular complexity index is 989. The molecule has 0 amide bonds. The molecule has 122 valence electrons. The van der Waals surface area contributed by atoms with E-state index in [0.717, 1.165) is 0 Å². The van der Waals surface area contributed by atoms with Crippen molar-refractivity contribution in [2.24, 2.45) is 5.73 Å². The maximum atomic E-state index is 12.6. The van der Waals surface area contributed by atoms with Crippen LogP contribution in [-0.2, 0) is 0 Å². The average Bonchev–Trinajstić information content (AvgIpc) is 2.52. The Morgan fingerprint density at radius 1 is 1.38 bits per heavy atom. The van der Waals surface area contributed by atoms with E-state index in [1.807, 2.05) is 6.07 Å². The third-order valence-corrected chi connectivity index (χ3v) is 4.38. The van der Waals surface area contributed by atoms with Crippen LogP contribution in [0.5, 0.6) is 5.75 Å². The van der Waals surface area contributed by atoms with Gasteiger partial charge < -0.3 is 15.7 Å². The summed E-state index contributed by atoms with van der Waals surface area (Å²) in [7, 11) is 0. The van der Waals surface area contributed by atoms with E-state index in [1.54, 1.807) is 12.1 Å². The lowest BCUT2D eigenvalue weighted by Crippen LogP contribution is -2.32. The number of nitrogens with zero attached hydrogens (tertiary/aromatic N) is 2. The van der Waals surface area contributed by atoms with E-state index in [0.29, 0.717) is 15.3 Å². The topological polar surface area (TPSA) is 101 Å². The number of nitrogens with two attached hydrogens (primary N) is 1. The zero-order valence-corrected chi connectivity index (χ0v) is 13.9. The van der Waals surface area contributed by atoms with Crippen molar-refractivity contribution in [2.45, 2.75) is 12.8 Å². The van der Waals surface area contributed by atoms with Crippen LogP contribution in [0.2, 0.25) is 10.0 Å². The number of fused-ring (bicyclic) bond motifs is 1. The molecule has 6 nitrogen and oxygen atoms in total. The van der Waals surface area contributed by atoms with Crippen LogP contribution >= 0.6 is 23.2 Å². The molecule has 0 saturated carbocycles. The third-order valence-electron chi connectivity index (χ3n) is 3.82. The monoisotopic (exact) mass is 363 g/mol. The maximum absolute atomic E-state index is 12.6. The van der Waals surface area contributed by atoms with E-state index in [-0.39, 0.29) is 33.5 Å². The maximum Gasteiger partial charge on any atom is 0.291 e. The first kappa shape index (κ1) is 16.2. The Labute approximate surface area is 146 Å². The van der Waals surface area contributed by atoms with E-state index >= 15 is 0 Å². The average molecular weight is 364 g/mol. The smallest absolute Gasteiger partial charge is 0.291 e. The highest BCUT2D eigenvalue weighted by Gasteiger charge is 2.35. The van der Waals surface area contributed by atoms with Gasteiger partial charge in [0.05, 0.1) is 17.2 Å². The molecule has 2 aromatic rings. The minimum atomic E-state index is -0.866. The molecule has 0 bridgehead atoms. The van der Waals surface area contributed by atoms with Crippen LogP contribution in [0.4, 0.5) is 0 Å². The molecule has 1 atom stereocenters. The van der Waals surface area contributed by atoms with Gasteiger partial charge in [-0.1, -0.05) is 29.3 Å². The molecule has 0 aliphatic carbocycles. The molecular formula is C16H11Cl2N3O3. The Hall–Kier alpha value is -2.62. The zero-order chi connectivity index (χ0) is 17.6. The molecule has 8 heteroatoms. The van der Waals surface area contributed by atoms with E-state index in [4.69, 9.17) is 33.7 Å². The summed E-state index contributed by atoms with van der Waals surface area (Å²) in [4.78, 5) is 12.6. The van der Waals surface area contributed by atoms with Crippen LogP contribution in [0.3, 0.4) is 0 Å². The first-order valence-electron chi connectivity index (χ1n) is 6.83. The summed E-state index contributed by atoms with van der Waals surface area (Å²) in [6.07, 6.45) is 0. The van der Waals surface area contributed by atoms with E-state index < -0.39 is 11.5 Å². The summed E-state index contributed by atoms with van der Waals surface area (Å²) < 4.78 is 5.90. The van der Waals surface area contributed by atoms with Crippen molar-refractivity contribution in [3.05, 3.63) is 72.9 Å². The molecule has 1 aromatic carbocycles. The molecule has 1 aliphatic heterocycles. The highest BCUT2D eigenvalue weighted by atomic mass is 35.5. The van der Waals surface area contributed by atoms with Crippen molar-refractivity contribution >= 4 is 23.2 Å². The number of rotatable bonds is 1. The van der Waals surface area contributed by atoms with Gasteiger partial charge in [-0.2, -0.15) is 9.99 Å². The molecule has 0 radical (unpaired) electrons. The molecule has 0 fully saturated rings. The number of aromatic nitrogens is 1. The minimum absolute atomic E-state index is 0.0349. The molecule has 0 saturated heterocycles. The quantitative estimate of drug-likeness (QED) is 0.758. The minimum Gasteiger partial charge on any atom is -0.440 e. The van der Waals surface area contributed by atoms with E-state index in [1.165, 1.54) is 19.1 Å². The molecule has 2 heterocycles.